The maximum atomic E-state index is 14.1. The zero-order valence-corrected chi connectivity index (χ0v) is 29.1. The van der Waals surface area contributed by atoms with E-state index in [9.17, 15) is 132 Å². The van der Waals surface area contributed by atoms with Gasteiger partial charge in [0.15, 0.2) is 0 Å². The number of rotatable bonds is 19. The first-order valence-electron chi connectivity index (χ1n) is 14.6. The van der Waals surface area contributed by atoms with Crippen LogP contribution in [-0.2, 0) is 33.4 Å². The highest BCUT2D eigenvalue weighted by Crippen LogP contribution is 2.62. The molecule has 1 aromatic carbocycles. The van der Waals surface area contributed by atoms with E-state index in [4.69, 9.17) is 0 Å². The number of alkyl halides is 26. The molecule has 0 aromatic heterocycles. The Hall–Kier alpha value is -4.17. The van der Waals surface area contributed by atoms with Gasteiger partial charge in [-0.05, 0) is 19.1 Å². The molecule has 0 unspecified atom stereocenters. The third kappa shape index (κ3) is 9.75. The Balaban J connectivity index is 3.47. The fourth-order valence-electron chi connectivity index (χ4n) is 3.68. The summed E-state index contributed by atoms with van der Waals surface area (Å²) in [6.45, 7) is -3.99. The molecular weight excluding hydrogens is 962 g/mol. The molecule has 0 N–H and O–H groups in total. The minimum absolute atomic E-state index is 0.235. The lowest BCUT2D eigenvalue weighted by Crippen LogP contribution is -2.70. The summed E-state index contributed by atoms with van der Waals surface area (Å²) in [5.41, 5.74) is 0.235. The quantitative estimate of drug-likeness (QED) is 0.0448. The average Bonchev–Trinajstić information content (AvgIpc) is 3.06. The molecule has 7 nitrogen and oxygen atoms in total. The number of halogens is 26. The molecular formula is C27H16F26O7S. The Morgan fingerprint density at radius 1 is 0.492 bits per heavy atom. The van der Waals surface area contributed by atoms with Crippen molar-refractivity contribution in [1.29, 1.82) is 0 Å². The van der Waals surface area contributed by atoms with Crippen molar-refractivity contribution in [2.45, 2.75) is 96.2 Å². The molecule has 0 aliphatic heterocycles. The van der Waals surface area contributed by atoms with Gasteiger partial charge in [-0.25, -0.2) is 9.59 Å². The van der Waals surface area contributed by atoms with Crippen molar-refractivity contribution >= 4 is 22.1 Å². The first-order chi connectivity index (χ1) is 26.6. The summed E-state index contributed by atoms with van der Waals surface area (Å²) in [4.78, 5) is 23.3. The molecule has 0 spiro atoms. The highest BCUT2D eigenvalue weighted by Gasteiger charge is 2.92. The summed E-state index contributed by atoms with van der Waals surface area (Å²) >= 11 is 0. The Morgan fingerprint density at radius 2 is 0.803 bits per heavy atom. The van der Waals surface area contributed by atoms with Gasteiger partial charge in [-0.15, -0.1) is 0 Å². The molecule has 0 heterocycles. The number of esters is 2. The largest absolute Gasteiger partial charge is 0.462 e. The van der Waals surface area contributed by atoms with Gasteiger partial charge in [0.1, 0.15) is 4.90 Å². The number of benzene rings is 1. The van der Waals surface area contributed by atoms with Crippen molar-refractivity contribution in [3.05, 3.63) is 41.7 Å². The number of aryl methyl sites for hydroxylation is 1. The highest BCUT2D eigenvalue weighted by molar-refractivity contribution is 7.86. The molecule has 0 bridgehead atoms. The van der Waals surface area contributed by atoms with Crippen LogP contribution in [0.4, 0.5) is 114 Å². The van der Waals surface area contributed by atoms with E-state index < -0.39 is 136 Å². The summed E-state index contributed by atoms with van der Waals surface area (Å²) in [7, 11) is -5.63. The van der Waals surface area contributed by atoms with E-state index in [-0.39, 0.29) is 5.56 Å². The molecule has 354 valence electrons. The summed E-state index contributed by atoms with van der Waals surface area (Å²) in [6.07, 6.45) is -23.0. The molecule has 0 atom stereocenters. The van der Waals surface area contributed by atoms with E-state index in [1.807, 2.05) is 0 Å². The lowest BCUT2D eigenvalue weighted by molar-refractivity contribution is -0.440. The molecule has 0 amide bonds. The third-order valence-corrected chi connectivity index (χ3v) is 8.51. The number of carbonyl (C=O) groups is 2. The molecule has 0 radical (unpaired) electrons. The standard InChI is InChI=1S/C27H16F26O7S/c1-11-2-4-12(5-3-11)61(56,57)60-13(15(55)59-9-7-17(30,31)19(34,35)21(38,39)23(42,43)25(46,47)27(51,52)53)10-14(54)58-8-6-16(28,29)18(32,33)20(36,37)22(40,41)24(44,45)26(48,49)50/h2-5,10H,6-9H2,1H3/b13-10+. The van der Waals surface area contributed by atoms with Crippen LogP contribution < -0.4 is 0 Å². The van der Waals surface area contributed by atoms with E-state index in [0.29, 0.717) is 12.1 Å². The van der Waals surface area contributed by atoms with Crippen molar-refractivity contribution in [2.24, 2.45) is 0 Å². The van der Waals surface area contributed by atoms with Crippen LogP contribution in [0.1, 0.15) is 18.4 Å². The third-order valence-electron chi connectivity index (χ3n) is 7.27. The van der Waals surface area contributed by atoms with Gasteiger partial charge in [0.05, 0.1) is 32.1 Å². The van der Waals surface area contributed by atoms with Gasteiger partial charge in [0, 0.05) is 0 Å². The fourth-order valence-corrected chi connectivity index (χ4v) is 4.60. The molecule has 0 aliphatic rings. The Morgan fingerprint density at radius 3 is 1.13 bits per heavy atom. The molecule has 34 heteroatoms. The lowest BCUT2D eigenvalue weighted by atomic mass is 9.93. The van der Waals surface area contributed by atoms with Gasteiger partial charge in [-0.1, -0.05) is 17.7 Å². The molecule has 1 rings (SSSR count). The summed E-state index contributed by atoms with van der Waals surface area (Å²) in [5, 5.41) is 0. The summed E-state index contributed by atoms with van der Waals surface area (Å²) in [5.74, 6) is -87.3. The zero-order valence-electron chi connectivity index (χ0n) is 28.3. The predicted molar refractivity (Wildman–Crippen MR) is 140 cm³/mol. The van der Waals surface area contributed by atoms with E-state index in [2.05, 4.69) is 13.7 Å². The minimum Gasteiger partial charge on any atom is -0.462 e. The summed E-state index contributed by atoms with van der Waals surface area (Å²) in [6, 6.07) is 3.02. The van der Waals surface area contributed by atoms with E-state index in [1.54, 1.807) is 0 Å². The van der Waals surface area contributed by atoms with Gasteiger partial charge in [-0.3, -0.25) is 0 Å². The molecule has 0 saturated carbocycles. The Labute approximate surface area is 319 Å². The van der Waals surface area contributed by atoms with Crippen LogP contribution in [0.3, 0.4) is 0 Å². The Bertz CT molecular complexity index is 1880. The fraction of sp³-hybridized carbons (Fsp3) is 0.630. The average molecular weight is 978 g/mol. The second-order valence-electron chi connectivity index (χ2n) is 11.7. The van der Waals surface area contributed by atoms with Crippen molar-refractivity contribution in [3.8, 4) is 0 Å². The van der Waals surface area contributed by atoms with Crippen molar-refractivity contribution in [2.75, 3.05) is 13.2 Å². The number of hydrogen-bond donors (Lipinski definition) is 0. The van der Waals surface area contributed by atoms with Gasteiger partial charge >= 0.3 is 93.6 Å². The maximum Gasteiger partial charge on any atom is 0.460 e. The van der Waals surface area contributed by atoms with Crippen LogP contribution in [0.25, 0.3) is 0 Å². The highest BCUT2D eigenvalue weighted by atomic mass is 32.2. The van der Waals surface area contributed by atoms with Crippen LogP contribution in [0.2, 0.25) is 0 Å². The van der Waals surface area contributed by atoms with Crippen molar-refractivity contribution in [1.82, 2.24) is 0 Å². The second kappa shape index (κ2) is 16.5. The SMILES string of the molecule is Cc1ccc(S(=O)(=O)O/C(=C/C(=O)OCCC(F)(F)C(F)(F)C(F)(F)C(F)(F)C(F)(F)C(F)(F)F)C(=O)OCCC(F)(F)C(F)(F)C(F)(F)C(F)(F)C(F)(F)C(F)(F)F)cc1. The van der Waals surface area contributed by atoms with E-state index in [1.165, 1.54) is 6.92 Å². The predicted octanol–water partition coefficient (Wildman–Crippen LogP) is 9.93. The van der Waals surface area contributed by atoms with Crippen LogP contribution in [0.5, 0.6) is 0 Å². The van der Waals surface area contributed by atoms with Crippen LogP contribution in [0.15, 0.2) is 41.0 Å². The van der Waals surface area contributed by atoms with Crippen LogP contribution in [0, 0.1) is 6.92 Å². The normalized spacial score (nSPS) is 15.4. The number of ether oxygens (including phenoxy) is 2. The zero-order chi connectivity index (χ0) is 48.9. The lowest BCUT2D eigenvalue weighted by Gasteiger charge is -2.39. The van der Waals surface area contributed by atoms with Crippen LogP contribution >= 0.6 is 0 Å². The van der Waals surface area contributed by atoms with Crippen LogP contribution in [-0.4, -0.2) is 105 Å². The number of carbonyl (C=O) groups excluding carboxylic acids is 2. The molecule has 61 heavy (non-hydrogen) atoms. The van der Waals surface area contributed by atoms with E-state index >= 15 is 0 Å². The molecule has 0 saturated heterocycles. The molecule has 0 fully saturated rings. The maximum absolute atomic E-state index is 14.1. The second-order valence-corrected chi connectivity index (χ2v) is 13.2. The van der Waals surface area contributed by atoms with Gasteiger partial charge in [-0.2, -0.15) is 123 Å². The Kier molecular flexibility index (Phi) is 14.8. The van der Waals surface area contributed by atoms with Crippen molar-refractivity contribution < 1.29 is 146 Å². The monoisotopic (exact) mass is 978 g/mol. The molecule has 0 aliphatic carbocycles. The molecule has 1 aromatic rings. The smallest absolute Gasteiger partial charge is 0.460 e. The van der Waals surface area contributed by atoms with Gasteiger partial charge in [0.2, 0.25) is 5.76 Å². The minimum atomic E-state index is -8.37. The topological polar surface area (TPSA) is 96.0 Å². The summed E-state index contributed by atoms with van der Waals surface area (Å²) < 4.78 is 382. The van der Waals surface area contributed by atoms with Crippen molar-refractivity contribution in [3.63, 3.8) is 0 Å². The first-order valence-corrected chi connectivity index (χ1v) is 16.0. The van der Waals surface area contributed by atoms with E-state index in [0.717, 1.165) is 12.1 Å². The van der Waals surface area contributed by atoms with Gasteiger partial charge in [0.25, 0.3) is 0 Å². The first kappa shape index (κ1) is 54.8. The van der Waals surface area contributed by atoms with Gasteiger partial charge < -0.3 is 13.7 Å². The number of hydrogen-bond acceptors (Lipinski definition) is 7.